The standard InChI is InChI=1S/C33H35Cl2F9N6O3/c1-30(53,33(42,43)44)28(52)45-15-16-3-8-21(34)26(25(16)35)48-29-47-22-13-20(27(51)46-19-6-4-17(5-7-19)31(36,37)38)23(14-24(22)49(29)2)50-11-9-18(10-12-50)32(39,40)41/h3,8,13-14,17-19,53H,4-7,9-12,15H2,1-2H3,(H,45,52)(H,46,51)(H,47,48)/t17-,19-,30-/m0/s1. The Labute approximate surface area is 307 Å². The summed E-state index contributed by atoms with van der Waals surface area (Å²) < 4.78 is 121. The van der Waals surface area contributed by atoms with Crippen molar-refractivity contribution < 1.29 is 54.2 Å². The molecule has 0 radical (unpaired) electrons. The van der Waals surface area contributed by atoms with Gasteiger partial charge in [0.25, 0.3) is 11.8 Å². The van der Waals surface area contributed by atoms with E-state index in [1.54, 1.807) is 22.6 Å². The number of aliphatic hydroxyl groups is 1. The first-order valence-corrected chi connectivity index (χ1v) is 17.3. The number of hydrogen-bond acceptors (Lipinski definition) is 6. The zero-order valence-corrected chi connectivity index (χ0v) is 29.7. The minimum atomic E-state index is -5.25. The van der Waals surface area contributed by atoms with Crippen molar-refractivity contribution in [3.05, 3.63) is 45.4 Å². The van der Waals surface area contributed by atoms with Gasteiger partial charge >= 0.3 is 18.5 Å². The van der Waals surface area contributed by atoms with Gasteiger partial charge in [0.2, 0.25) is 11.5 Å². The quantitative estimate of drug-likeness (QED) is 0.171. The molecule has 2 aliphatic rings. The molecule has 0 bridgehead atoms. The van der Waals surface area contributed by atoms with Gasteiger partial charge in [0.1, 0.15) is 0 Å². The number of fused-ring (bicyclic) bond motifs is 1. The summed E-state index contributed by atoms with van der Waals surface area (Å²) in [6, 6.07) is 5.17. The van der Waals surface area contributed by atoms with Crippen LogP contribution in [-0.2, 0) is 18.4 Å². The Balaban J connectivity index is 1.44. The average molecular weight is 806 g/mol. The first kappa shape index (κ1) is 40.5. The highest BCUT2D eigenvalue weighted by Crippen LogP contribution is 2.41. The molecule has 2 fully saturated rings. The summed E-state index contributed by atoms with van der Waals surface area (Å²) in [5.41, 5.74) is -2.46. The zero-order chi connectivity index (χ0) is 39.3. The van der Waals surface area contributed by atoms with Crippen molar-refractivity contribution in [2.24, 2.45) is 18.9 Å². The van der Waals surface area contributed by atoms with Crippen LogP contribution in [-0.4, -0.2) is 69.7 Å². The lowest BCUT2D eigenvalue weighted by Crippen LogP contribution is -2.54. The number of alkyl halides is 9. The van der Waals surface area contributed by atoms with E-state index in [0.29, 0.717) is 18.1 Å². The largest absolute Gasteiger partial charge is 0.426 e. The normalized spacial score (nSPS) is 20.3. The molecule has 53 heavy (non-hydrogen) atoms. The fraction of sp³-hybridized carbons (Fsp3) is 0.545. The molecule has 1 saturated carbocycles. The molecule has 9 nitrogen and oxygen atoms in total. The molecule has 1 aliphatic carbocycles. The van der Waals surface area contributed by atoms with Gasteiger partial charge in [0.15, 0.2) is 0 Å². The van der Waals surface area contributed by atoms with Crippen LogP contribution in [0, 0.1) is 11.8 Å². The van der Waals surface area contributed by atoms with E-state index in [1.165, 1.54) is 18.2 Å². The minimum absolute atomic E-state index is 0.0252. The predicted molar refractivity (Wildman–Crippen MR) is 179 cm³/mol. The number of halogens is 11. The summed E-state index contributed by atoms with van der Waals surface area (Å²) in [5.74, 6) is -5.22. The molecule has 0 unspecified atom stereocenters. The van der Waals surface area contributed by atoms with Crippen molar-refractivity contribution in [2.45, 2.75) is 82.2 Å². The van der Waals surface area contributed by atoms with Gasteiger partial charge in [-0.1, -0.05) is 29.3 Å². The number of imidazole rings is 1. The van der Waals surface area contributed by atoms with Crippen LogP contribution in [0.5, 0.6) is 0 Å². The van der Waals surface area contributed by atoms with Crippen molar-refractivity contribution in [3.8, 4) is 0 Å². The average Bonchev–Trinajstić information content (AvgIpc) is 3.38. The van der Waals surface area contributed by atoms with Gasteiger partial charge in [-0.25, -0.2) is 4.98 Å². The third-order valence-corrected chi connectivity index (χ3v) is 10.7. The molecule has 20 heteroatoms. The van der Waals surface area contributed by atoms with Crippen molar-refractivity contribution in [3.63, 3.8) is 0 Å². The summed E-state index contributed by atoms with van der Waals surface area (Å²) in [5, 5.41) is 17.3. The molecule has 1 aromatic heterocycles. The molecule has 2 heterocycles. The molecule has 1 saturated heterocycles. The summed E-state index contributed by atoms with van der Waals surface area (Å²) in [4.78, 5) is 32.0. The van der Waals surface area contributed by atoms with Crippen molar-refractivity contribution in [1.82, 2.24) is 20.2 Å². The molecule has 5 rings (SSSR count). The number of aromatic nitrogens is 2. The van der Waals surface area contributed by atoms with Crippen molar-refractivity contribution in [1.29, 1.82) is 0 Å². The van der Waals surface area contributed by atoms with Crippen LogP contribution in [0.2, 0.25) is 10.0 Å². The van der Waals surface area contributed by atoms with Crippen LogP contribution in [0.3, 0.4) is 0 Å². The van der Waals surface area contributed by atoms with Crippen LogP contribution in [0.15, 0.2) is 24.3 Å². The molecule has 3 aromatic rings. The highest BCUT2D eigenvalue weighted by Gasteiger charge is 2.55. The fourth-order valence-corrected chi connectivity index (χ4v) is 7.03. The topological polar surface area (TPSA) is 112 Å². The second kappa shape index (κ2) is 14.9. The third-order valence-electron chi connectivity index (χ3n) is 9.91. The second-order valence-electron chi connectivity index (χ2n) is 13.5. The summed E-state index contributed by atoms with van der Waals surface area (Å²) in [6.45, 7) is -0.272. The first-order chi connectivity index (χ1) is 24.5. The number of hydrogen-bond donors (Lipinski definition) is 4. The maximum atomic E-state index is 13.7. The predicted octanol–water partition coefficient (Wildman–Crippen LogP) is 8.18. The lowest BCUT2D eigenvalue weighted by Gasteiger charge is -2.35. The van der Waals surface area contributed by atoms with Crippen LogP contribution in [0.25, 0.3) is 11.0 Å². The van der Waals surface area contributed by atoms with Crippen molar-refractivity contribution in [2.75, 3.05) is 23.3 Å². The van der Waals surface area contributed by atoms with Gasteiger partial charge in [-0.3, -0.25) is 9.59 Å². The Kier molecular flexibility index (Phi) is 11.4. The van der Waals surface area contributed by atoms with Gasteiger partial charge < -0.3 is 30.5 Å². The summed E-state index contributed by atoms with van der Waals surface area (Å²) >= 11 is 12.9. The summed E-state index contributed by atoms with van der Waals surface area (Å²) in [6.07, 6.45) is -14.5. The fourth-order valence-electron chi connectivity index (χ4n) is 6.49. The van der Waals surface area contributed by atoms with Gasteiger partial charge in [0.05, 0.1) is 49.9 Å². The number of nitrogens with zero attached hydrogens (tertiary/aromatic N) is 3. The van der Waals surface area contributed by atoms with Crippen LogP contribution >= 0.6 is 23.2 Å². The van der Waals surface area contributed by atoms with E-state index in [0.717, 1.165) is 0 Å². The molecule has 1 aliphatic heterocycles. The number of amides is 2. The number of aryl methyl sites for hydroxylation is 1. The summed E-state index contributed by atoms with van der Waals surface area (Å²) in [7, 11) is 1.58. The number of nitrogens with one attached hydrogen (secondary N) is 3. The highest BCUT2D eigenvalue weighted by atomic mass is 35.5. The molecular formula is C33H35Cl2F9N6O3. The smallest absolute Gasteiger partial charge is 0.373 e. The molecule has 1 atom stereocenters. The molecule has 4 N–H and O–H groups in total. The van der Waals surface area contributed by atoms with Crippen LogP contribution in [0.4, 0.5) is 56.8 Å². The van der Waals surface area contributed by atoms with E-state index >= 15 is 0 Å². The Morgan fingerprint density at radius 1 is 0.906 bits per heavy atom. The highest BCUT2D eigenvalue weighted by molar-refractivity contribution is 6.39. The molecule has 292 valence electrons. The van der Waals surface area contributed by atoms with Gasteiger partial charge in [-0.05, 0) is 69.2 Å². The van der Waals surface area contributed by atoms with Gasteiger partial charge in [-0.15, -0.1) is 0 Å². The van der Waals surface area contributed by atoms with E-state index in [4.69, 9.17) is 23.2 Å². The number of carbonyl (C=O) groups excluding carboxylic acids is 2. The Hall–Kier alpha value is -3.64. The van der Waals surface area contributed by atoms with E-state index in [9.17, 15) is 54.2 Å². The van der Waals surface area contributed by atoms with Crippen LogP contribution in [0.1, 0.15) is 61.4 Å². The minimum Gasteiger partial charge on any atom is -0.373 e. The Morgan fingerprint density at radius 3 is 2.06 bits per heavy atom. The SMILES string of the molecule is Cn1c(Nc2c(Cl)ccc(CNC(=O)[C@](C)(O)C(F)(F)F)c2Cl)nc2cc(C(=O)N[C@H]3CC[C@H](C(F)(F)F)CC3)c(N3CCC(C(F)(F)F)CC3)cc21. The van der Waals surface area contributed by atoms with Crippen LogP contribution < -0.4 is 20.9 Å². The number of carbonyl (C=O) groups is 2. The lowest BCUT2D eigenvalue weighted by molar-refractivity contribution is -0.245. The third kappa shape index (κ3) is 8.69. The zero-order valence-electron chi connectivity index (χ0n) is 28.2. The molecule has 2 amide bonds. The number of rotatable bonds is 8. The first-order valence-electron chi connectivity index (χ1n) is 16.5. The van der Waals surface area contributed by atoms with E-state index in [-0.39, 0.29) is 89.9 Å². The van der Waals surface area contributed by atoms with E-state index in [1.807, 2.05) is 5.32 Å². The van der Waals surface area contributed by atoms with E-state index in [2.05, 4.69) is 15.6 Å². The van der Waals surface area contributed by atoms with Gasteiger partial charge in [-0.2, -0.15) is 39.5 Å². The second-order valence-corrected chi connectivity index (χ2v) is 14.3. The van der Waals surface area contributed by atoms with Gasteiger partial charge in [0, 0.05) is 32.7 Å². The maximum Gasteiger partial charge on any atom is 0.426 e. The lowest BCUT2D eigenvalue weighted by atomic mass is 9.85. The number of anilines is 3. The maximum absolute atomic E-state index is 13.7. The number of benzene rings is 2. The Morgan fingerprint density at radius 2 is 1.49 bits per heavy atom. The van der Waals surface area contributed by atoms with Crippen molar-refractivity contribution >= 4 is 63.4 Å². The monoisotopic (exact) mass is 804 g/mol. The Bertz CT molecular complexity index is 1850. The molecular weight excluding hydrogens is 770 g/mol. The number of piperidine rings is 1. The molecule has 2 aromatic carbocycles. The molecule has 0 spiro atoms. The van der Waals surface area contributed by atoms with E-state index < -0.39 is 60.4 Å².